The Morgan fingerprint density at radius 2 is 2.15 bits per heavy atom. The zero-order valence-corrected chi connectivity index (χ0v) is 11.5. The van der Waals surface area contributed by atoms with Crippen molar-refractivity contribution in [3.63, 3.8) is 0 Å². The van der Waals surface area contributed by atoms with Crippen LogP contribution in [0, 0.1) is 15.5 Å². The quantitative estimate of drug-likeness (QED) is 0.610. The van der Waals surface area contributed by atoms with Crippen molar-refractivity contribution in [2.45, 2.75) is 32.6 Å². The second-order valence-electron chi connectivity index (χ2n) is 5.54. The van der Waals surface area contributed by atoms with E-state index >= 15 is 0 Å². The minimum Gasteiger partial charge on any atom is -0.390 e. The molecule has 0 spiro atoms. The first kappa shape index (κ1) is 14.9. The topological polar surface area (TPSA) is 79.4 Å². The van der Waals surface area contributed by atoms with Gasteiger partial charge in [-0.1, -0.05) is 4.98 Å². The molecule has 7 nitrogen and oxygen atoms in total. The molecule has 1 aromatic heterocycles. The van der Waals surface area contributed by atoms with Crippen LogP contribution in [0.5, 0.6) is 0 Å². The van der Waals surface area contributed by atoms with E-state index in [0.717, 1.165) is 0 Å². The van der Waals surface area contributed by atoms with Gasteiger partial charge < -0.3 is 19.6 Å². The number of imidazole rings is 1. The molecule has 1 aromatic rings. The summed E-state index contributed by atoms with van der Waals surface area (Å²) >= 11 is 0. The molecule has 0 radical (unpaired) electrons. The predicted molar refractivity (Wildman–Crippen MR) is 67.9 cm³/mol. The molecular weight excluding hydrogens is 269 g/mol. The Morgan fingerprint density at radius 3 is 2.70 bits per heavy atom. The summed E-state index contributed by atoms with van der Waals surface area (Å²) in [6, 6.07) is 0. The van der Waals surface area contributed by atoms with E-state index in [1.807, 2.05) is 0 Å². The smallest absolute Gasteiger partial charge is 0.390 e. The number of nitrogens with zero attached hydrogens (tertiary/aromatic N) is 3. The predicted octanol–water partition coefficient (Wildman–Crippen LogP) is 1.92. The summed E-state index contributed by atoms with van der Waals surface area (Å²) in [5.74, 6) is -0.948. The Bertz CT molecular complexity index is 479. The molecule has 0 aliphatic carbocycles. The average Bonchev–Trinajstić information content (AvgIpc) is 2.87. The van der Waals surface area contributed by atoms with Crippen LogP contribution in [0.1, 0.15) is 20.3 Å². The Balaban J connectivity index is 2.01. The molecule has 2 heterocycles. The molecule has 1 aliphatic heterocycles. The average molecular weight is 287 g/mol. The van der Waals surface area contributed by atoms with Crippen LogP contribution in [-0.2, 0) is 16.0 Å². The molecule has 1 aliphatic rings. The number of aryl methyl sites for hydroxylation is 1. The second-order valence-corrected chi connectivity index (χ2v) is 5.54. The standard InChI is InChI=1S/C12H18FN3O4/c1-11(2)19-8-12(7-13,9-20-11)3-5-15-6-4-14-10(15)16(17)18/h4,6H,3,5,7-9H2,1-2H3. The fourth-order valence-electron chi connectivity index (χ4n) is 2.03. The molecule has 0 N–H and O–H groups in total. The SMILES string of the molecule is CC1(C)OCC(CF)(CCn2ccnc2[N+](=O)[O-])CO1. The third-order valence-electron chi connectivity index (χ3n) is 3.48. The molecule has 1 fully saturated rings. The first-order valence-electron chi connectivity index (χ1n) is 6.37. The van der Waals surface area contributed by atoms with Crippen molar-refractivity contribution in [2.24, 2.45) is 5.41 Å². The minimum atomic E-state index is -0.756. The van der Waals surface area contributed by atoms with Crippen molar-refractivity contribution in [3.05, 3.63) is 22.5 Å². The summed E-state index contributed by atoms with van der Waals surface area (Å²) < 4.78 is 25.8. The second kappa shape index (κ2) is 5.45. The summed E-state index contributed by atoms with van der Waals surface area (Å²) in [5, 5.41) is 10.8. The van der Waals surface area contributed by atoms with Crippen LogP contribution in [0.3, 0.4) is 0 Å². The lowest BCUT2D eigenvalue weighted by atomic mass is 9.86. The number of rotatable bonds is 5. The van der Waals surface area contributed by atoms with Crippen molar-refractivity contribution in [1.82, 2.24) is 9.55 Å². The largest absolute Gasteiger partial charge is 0.434 e. The van der Waals surface area contributed by atoms with Crippen molar-refractivity contribution in [1.29, 1.82) is 0 Å². The van der Waals surface area contributed by atoms with Gasteiger partial charge in [0.25, 0.3) is 0 Å². The molecule has 0 aromatic carbocycles. The van der Waals surface area contributed by atoms with Gasteiger partial charge in [0, 0.05) is 5.41 Å². The molecule has 0 amide bonds. The number of halogens is 1. The zero-order valence-electron chi connectivity index (χ0n) is 11.5. The summed E-state index contributed by atoms with van der Waals surface area (Å²) in [5.41, 5.74) is -0.756. The highest BCUT2D eigenvalue weighted by Crippen LogP contribution is 2.33. The third kappa shape index (κ3) is 3.13. The Labute approximate surface area is 115 Å². The van der Waals surface area contributed by atoms with Crippen molar-refractivity contribution in [3.8, 4) is 0 Å². The van der Waals surface area contributed by atoms with E-state index in [1.165, 1.54) is 17.0 Å². The summed E-state index contributed by atoms with van der Waals surface area (Å²) in [6.45, 7) is 3.72. The first-order valence-corrected chi connectivity index (χ1v) is 6.37. The van der Waals surface area contributed by atoms with E-state index in [9.17, 15) is 14.5 Å². The molecule has 8 heteroatoms. The lowest BCUT2D eigenvalue weighted by molar-refractivity contribution is -0.396. The van der Waals surface area contributed by atoms with Gasteiger partial charge in [-0.15, -0.1) is 0 Å². The Morgan fingerprint density at radius 1 is 1.50 bits per heavy atom. The highest BCUT2D eigenvalue weighted by Gasteiger charge is 2.40. The molecule has 112 valence electrons. The van der Waals surface area contributed by atoms with Crippen molar-refractivity contribution < 1.29 is 18.8 Å². The summed E-state index contributed by atoms with van der Waals surface area (Å²) in [6.07, 6.45) is 3.26. The molecule has 0 bridgehead atoms. The van der Waals surface area contributed by atoms with Crippen molar-refractivity contribution >= 4 is 5.95 Å². The lowest BCUT2D eigenvalue weighted by Gasteiger charge is -2.41. The molecule has 0 atom stereocenters. The van der Waals surface area contributed by atoms with Crippen LogP contribution in [0.4, 0.5) is 10.3 Å². The Kier molecular flexibility index (Phi) is 4.05. The number of ether oxygens (including phenoxy) is 2. The molecular formula is C12H18FN3O4. The maximum absolute atomic E-state index is 13.4. The van der Waals surface area contributed by atoms with Gasteiger partial charge >= 0.3 is 5.95 Å². The zero-order chi connectivity index (χ0) is 14.8. The molecule has 0 unspecified atom stereocenters. The van der Waals surface area contributed by atoms with Gasteiger partial charge in [-0.3, -0.25) is 4.39 Å². The molecule has 1 saturated heterocycles. The number of hydrogen-bond donors (Lipinski definition) is 0. The maximum Gasteiger partial charge on any atom is 0.434 e. The highest BCUT2D eigenvalue weighted by atomic mass is 19.1. The van der Waals surface area contributed by atoms with E-state index < -0.39 is 22.8 Å². The van der Waals surface area contributed by atoms with E-state index in [2.05, 4.69) is 4.98 Å². The minimum absolute atomic E-state index is 0.235. The van der Waals surface area contributed by atoms with E-state index in [1.54, 1.807) is 13.8 Å². The number of alkyl halides is 1. The van der Waals surface area contributed by atoms with Gasteiger partial charge in [0.2, 0.25) is 0 Å². The van der Waals surface area contributed by atoms with Crippen LogP contribution in [0.15, 0.2) is 12.4 Å². The van der Waals surface area contributed by atoms with Gasteiger partial charge in [-0.25, -0.2) is 4.57 Å². The van der Waals surface area contributed by atoms with Crippen LogP contribution in [0.2, 0.25) is 0 Å². The van der Waals surface area contributed by atoms with E-state index in [0.29, 0.717) is 13.0 Å². The lowest BCUT2D eigenvalue weighted by Crippen LogP contribution is -2.48. The summed E-state index contributed by atoms with van der Waals surface area (Å²) in [4.78, 5) is 13.9. The van der Waals surface area contributed by atoms with Crippen molar-refractivity contribution in [2.75, 3.05) is 19.9 Å². The van der Waals surface area contributed by atoms with Gasteiger partial charge in [-0.2, -0.15) is 0 Å². The van der Waals surface area contributed by atoms with Crippen LogP contribution >= 0.6 is 0 Å². The fraction of sp³-hybridized carbons (Fsp3) is 0.750. The van der Waals surface area contributed by atoms with Gasteiger partial charge in [0.15, 0.2) is 5.79 Å². The van der Waals surface area contributed by atoms with E-state index in [4.69, 9.17) is 9.47 Å². The first-order chi connectivity index (χ1) is 9.37. The number of aromatic nitrogens is 2. The molecule has 20 heavy (non-hydrogen) atoms. The maximum atomic E-state index is 13.4. The number of hydrogen-bond acceptors (Lipinski definition) is 5. The van der Waals surface area contributed by atoms with Crippen LogP contribution in [0.25, 0.3) is 0 Å². The molecule has 0 saturated carbocycles. The van der Waals surface area contributed by atoms with E-state index in [-0.39, 0.29) is 19.2 Å². The summed E-state index contributed by atoms with van der Waals surface area (Å²) in [7, 11) is 0. The van der Waals surface area contributed by atoms with Gasteiger partial charge in [0.1, 0.15) is 12.4 Å². The Hall–Kier alpha value is -1.54. The van der Waals surface area contributed by atoms with Crippen LogP contribution < -0.4 is 0 Å². The highest BCUT2D eigenvalue weighted by molar-refractivity contribution is 5.06. The van der Waals surface area contributed by atoms with Crippen LogP contribution in [-0.4, -0.2) is 40.1 Å². The normalized spacial score (nSPS) is 20.8. The monoisotopic (exact) mass is 287 g/mol. The third-order valence-corrected chi connectivity index (χ3v) is 3.48. The number of nitro groups is 1. The molecule has 2 rings (SSSR count). The van der Waals surface area contributed by atoms with Gasteiger partial charge in [-0.05, 0) is 25.2 Å². The fourth-order valence-corrected chi connectivity index (χ4v) is 2.03. The van der Waals surface area contributed by atoms with Gasteiger partial charge in [0.05, 0.1) is 26.4 Å².